The van der Waals surface area contributed by atoms with E-state index < -0.39 is 19.1 Å². The van der Waals surface area contributed by atoms with E-state index in [9.17, 15) is 22.4 Å². The number of methoxy groups -OCH3 is 1. The van der Waals surface area contributed by atoms with E-state index in [1.54, 1.807) is 6.92 Å². The van der Waals surface area contributed by atoms with Gasteiger partial charge in [-0.2, -0.15) is 17.6 Å². The normalized spacial score (nSPS) is 10.8. The standard InChI is InChI=1S/C19H19F4NO5/c1-3-27-16-9-12(5-7-14(16)29-19(22)23)17(25)24-10-11-4-6-13(28-18(20)21)15(8-11)26-2/h4-9,18-19H,3,10H2,1-2H3,(H,24,25). The van der Waals surface area contributed by atoms with Crippen molar-refractivity contribution in [1.82, 2.24) is 5.32 Å². The Morgan fingerprint density at radius 3 is 2.14 bits per heavy atom. The molecule has 1 amide bonds. The van der Waals surface area contributed by atoms with Crippen LogP contribution in [0.25, 0.3) is 0 Å². The molecule has 0 aromatic heterocycles. The van der Waals surface area contributed by atoms with Crippen molar-refractivity contribution in [3.63, 3.8) is 0 Å². The van der Waals surface area contributed by atoms with E-state index in [4.69, 9.17) is 9.47 Å². The summed E-state index contributed by atoms with van der Waals surface area (Å²) in [5.41, 5.74) is 0.735. The maximum Gasteiger partial charge on any atom is 0.387 e. The Hall–Kier alpha value is -3.17. The average molecular weight is 417 g/mol. The van der Waals surface area contributed by atoms with E-state index in [1.165, 1.54) is 43.5 Å². The first-order valence-corrected chi connectivity index (χ1v) is 8.45. The van der Waals surface area contributed by atoms with Gasteiger partial charge in [0.15, 0.2) is 23.0 Å². The number of hydrogen-bond donors (Lipinski definition) is 1. The molecule has 0 fully saturated rings. The molecule has 0 heterocycles. The molecule has 0 aliphatic carbocycles. The van der Waals surface area contributed by atoms with Crippen LogP contribution in [0.1, 0.15) is 22.8 Å². The SMILES string of the molecule is CCOc1cc(C(=O)NCc2ccc(OC(F)F)c(OC)c2)ccc1OC(F)F. The summed E-state index contributed by atoms with van der Waals surface area (Å²) in [6, 6.07) is 8.06. The number of hydrogen-bond acceptors (Lipinski definition) is 5. The summed E-state index contributed by atoms with van der Waals surface area (Å²) in [4.78, 5) is 12.4. The summed E-state index contributed by atoms with van der Waals surface area (Å²) in [5, 5.41) is 2.63. The van der Waals surface area contributed by atoms with Crippen molar-refractivity contribution in [3.8, 4) is 23.0 Å². The van der Waals surface area contributed by atoms with E-state index >= 15 is 0 Å². The van der Waals surface area contributed by atoms with Crippen LogP contribution in [-0.4, -0.2) is 32.8 Å². The van der Waals surface area contributed by atoms with Gasteiger partial charge in [0, 0.05) is 12.1 Å². The zero-order chi connectivity index (χ0) is 21.4. The van der Waals surface area contributed by atoms with Crippen LogP contribution in [0.5, 0.6) is 23.0 Å². The van der Waals surface area contributed by atoms with Crippen molar-refractivity contribution in [2.45, 2.75) is 26.7 Å². The molecule has 6 nitrogen and oxygen atoms in total. The third kappa shape index (κ3) is 6.44. The molecule has 2 aromatic carbocycles. The maximum atomic E-state index is 12.5. The Labute approximate surface area is 164 Å². The van der Waals surface area contributed by atoms with Gasteiger partial charge in [0.2, 0.25) is 0 Å². The Kier molecular flexibility index (Phi) is 7.93. The lowest BCUT2D eigenvalue weighted by atomic mass is 10.1. The molecule has 158 valence electrons. The number of benzene rings is 2. The van der Waals surface area contributed by atoms with Gasteiger partial charge in [-0.05, 0) is 42.8 Å². The molecule has 0 saturated carbocycles. The van der Waals surface area contributed by atoms with Crippen LogP contribution in [-0.2, 0) is 6.54 Å². The van der Waals surface area contributed by atoms with Crippen LogP contribution in [0, 0.1) is 0 Å². The molecule has 0 atom stereocenters. The van der Waals surface area contributed by atoms with Crippen molar-refractivity contribution in [3.05, 3.63) is 47.5 Å². The van der Waals surface area contributed by atoms with Crippen molar-refractivity contribution in [2.24, 2.45) is 0 Å². The number of rotatable bonds is 10. The van der Waals surface area contributed by atoms with Crippen LogP contribution in [0.3, 0.4) is 0 Å². The monoisotopic (exact) mass is 417 g/mol. The van der Waals surface area contributed by atoms with Gasteiger partial charge >= 0.3 is 13.2 Å². The van der Waals surface area contributed by atoms with Crippen LogP contribution in [0.15, 0.2) is 36.4 Å². The number of alkyl halides is 4. The number of carbonyl (C=O) groups is 1. The molecule has 0 spiro atoms. The lowest BCUT2D eigenvalue weighted by Gasteiger charge is -2.13. The minimum absolute atomic E-state index is 0.00983. The summed E-state index contributed by atoms with van der Waals surface area (Å²) in [5.74, 6) is -0.715. The number of ether oxygens (including phenoxy) is 4. The maximum absolute atomic E-state index is 12.5. The molecule has 2 rings (SSSR count). The molecule has 0 unspecified atom stereocenters. The Bertz CT molecular complexity index is 832. The van der Waals surface area contributed by atoms with Crippen LogP contribution >= 0.6 is 0 Å². The fourth-order valence-electron chi connectivity index (χ4n) is 2.41. The summed E-state index contributed by atoms with van der Waals surface area (Å²) >= 11 is 0. The van der Waals surface area contributed by atoms with Gasteiger partial charge < -0.3 is 24.3 Å². The molecule has 0 aliphatic heterocycles. The van der Waals surface area contributed by atoms with E-state index in [0.29, 0.717) is 5.56 Å². The van der Waals surface area contributed by atoms with Crippen LogP contribution < -0.4 is 24.3 Å². The quantitative estimate of drug-likeness (QED) is 0.587. The second-order valence-electron chi connectivity index (χ2n) is 5.52. The number of halogens is 4. The minimum atomic E-state index is -3.03. The summed E-state index contributed by atoms with van der Waals surface area (Å²) in [7, 11) is 1.30. The molecular formula is C19H19F4NO5. The fraction of sp³-hybridized carbons (Fsp3) is 0.316. The first-order chi connectivity index (χ1) is 13.8. The first kappa shape index (κ1) is 22.1. The zero-order valence-electron chi connectivity index (χ0n) is 15.6. The summed E-state index contributed by atoms with van der Waals surface area (Å²) in [6.07, 6.45) is 0. The second kappa shape index (κ2) is 10.4. The first-order valence-electron chi connectivity index (χ1n) is 8.45. The lowest BCUT2D eigenvalue weighted by molar-refractivity contribution is -0.0519. The van der Waals surface area contributed by atoms with Gasteiger partial charge in [0.25, 0.3) is 5.91 Å². The molecule has 29 heavy (non-hydrogen) atoms. The average Bonchev–Trinajstić information content (AvgIpc) is 2.67. The van der Waals surface area contributed by atoms with Crippen molar-refractivity contribution < 1.29 is 41.3 Å². The second-order valence-corrected chi connectivity index (χ2v) is 5.52. The molecule has 10 heteroatoms. The zero-order valence-corrected chi connectivity index (χ0v) is 15.6. The highest BCUT2D eigenvalue weighted by Crippen LogP contribution is 2.31. The van der Waals surface area contributed by atoms with E-state index in [-0.39, 0.29) is 41.7 Å². The third-order valence-electron chi connectivity index (χ3n) is 3.62. The summed E-state index contributed by atoms with van der Waals surface area (Å²) in [6.45, 7) is -4.11. The van der Waals surface area contributed by atoms with Crippen molar-refractivity contribution >= 4 is 5.91 Å². The highest BCUT2D eigenvalue weighted by atomic mass is 19.3. The predicted octanol–water partition coefficient (Wildman–Crippen LogP) is 4.23. The van der Waals surface area contributed by atoms with E-state index in [2.05, 4.69) is 14.8 Å². The molecular weight excluding hydrogens is 398 g/mol. The predicted molar refractivity (Wildman–Crippen MR) is 95.0 cm³/mol. The van der Waals surface area contributed by atoms with Gasteiger partial charge in [-0.3, -0.25) is 4.79 Å². The highest BCUT2D eigenvalue weighted by Gasteiger charge is 2.15. The van der Waals surface area contributed by atoms with Crippen molar-refractivity contribution in [1.29, 1.82) is 0 Å². The van der Waals surface area contributed by atoms with Gasteiger partial charge in [-0.1, -0.05) is 6.07 Å². The molecule has 2 aromatic rings. The third-order valence-corrected chi connectivity index (χ3v) is 3.62. The van der Waals surface area contributed by atoms with Gasteiger partial charge in [-0.15, -0.1) is 0 Å². The largest absolute Gasteiger partial charge is 0.493 e. The molecule has 0 saturated heterocycles. The van der Waals surface area contributed by atoms with Crippen LogP contribution in [0.2, 0.25) is 0 Å². The smallest absolute Gasteiger partial charge is 0.387 e. The number of carbonyl (C=O) groups excluding carboxylic acids is 1. The van der Waals surface area contributed by atoms with E-state index in [1.807, 2.05) is 0 Å². The van der Waals surface area contributed by atoms with E-state index in [0.717, 1.165) is 0 Å². The molecule has 1 N–H and O–H groups in total. The Morgan fingerprint density at radius 2 is 1.55 bits per heavy atom. The number of nitrogens with one attached hydrogen (secondary N) is 1. The fourth-order valence-corrected chi connectivity index (χ4v) is 2.41. The van der Waals surface area contributed by atoms with Gasteiger partial charge in [0.05, 0.1) is 13.7 Å². The Balaban J connectivity index is 2.09. The molecule has 0 bridgehead atoms. The molecule has 0 radical (unpaired) electrons. The Morgan fingerprint density at radius 1 is 0.931 bits per heavy atom. The van der Waals surface area contributed by atoms with Gasteiger partial charge in [0.1, 0.15) is 0 Å². The lowest BCUT2D eigenvalue weighted by Crippen LogP contribution is -2.23. The molecule has 0 aliphatic rings. The number of amides is 1. The highest BCUT2D eigenvalue weighted by molar-refractivity contribution is 5.94. The minimum Gasteiger partial charge on any atom is -0.493 e. The van der Waals surface area contributed by atoms with Crippen LogP contribution in [0.4, 0.5) is 17.6 Å². The topological polar surface area (TPSA) is 66.0 Å². The summed E-state index contributed by atoms with van der Waals surface area (Å²) < 4.78 is 68.6. The van der Waals surface area contributed by atoms with Gasteiger partial charge in [-0.25, -0.2) is 0 Å². The van der Waals surface area contributed by atoms with Crippen molar-refractivity contribution in [2.75, 3.05) is 13.7 Å².